The van der Waals surface area contributed by atoms with Crippen LogP contribution in [0.2, 0.25) is 0 Å². The number of aliphatic hydroxyl groups is 1. The summed E-state index contributed by atoms with van der Waals surface area (Å²) in [5.41, 5.74) is 0.990. The van der Waals surface area contributed by atoms with Crippen LogP contribution in [-0.4, -0.2) is 11.2 Å². The second kappa shape index (κ2) is 5.48. The molecule has 0 aromatic heterocycles. The lowest BCUT2D eigenvalue weighted by molar-refractivity contribution is 0.195. The third kappa shape index (κ3) is 3.67. The van der Waals surface area contributed by atoms with E-state index >= 15 is 0 Å². The van der Waals surface area contributed by atoms with Gasteiger partial charge in [-0.2, -0.15) is 0 Å². The van der Waals surface area contributed by atoms with E-state index < -0.39 is 0 Å². The Bertz CT molecular complexity index is 96.9. The van der Waals surface area contributed by atoms with Crippen LogP contribution in [0.25, 0.3) is 0 Å². The molecule has 60 valence electrons. The molecule has 0 amide bonds. The molecule has 0 heterocycles. The van der Waals surface area contributed by atoms with E-state index in [1.807, 2.05) is 0 Å². The molecule has 1 heteroatoms. The van der Waals surface area contributed by atoms with Crippen LogP contribution in [0.3, 0.4) is 0 Å². The highest BCUT2D eigenvalue weighted by Gasteiger charge is 2.04. The highest BCUT2D eigenvalue weighted by Crippen LogP contribution is 2.11. The number of rotatable bonds is 5. The Hall–Kier alpha value is -0.300. The summed E-state index contributed by atoms with van der Waals surface area (Å²) in [6, 6.07) is 0. The molecule has 1 N–H and O–H groups in total. The van der Waals surface area contributed by atoms with Crippen LogP contribution in [0, 0.1) is 0 Å². The summed E-state index contributed by atoms with van der Waals surface area (Å²) in [6.45, 7) is 7.99. The third-order valence-electron chi connectivity index (χ3n) is 1.60. The van der Waals surface area contributed by atoms with Gasteiger partial charge in [0, 0.05) is 0 Å². The second-order valence-electron chi connectivity index (χ2n) is 2.71. The molecule has 0 fully saturated rings. The Morgan fingerprint density at radius 2 is 2.00 bits per heavy atom. The van der Waals surface area contributed by atoms with E-state index in [0.717, 1.165) is 31.3 Å². The van der Waals surface area contributed by atoms with Crippen molar-refractivity contribution in [3.8, 4) is 0 Å². The van der Waals surface area contributed by atoms with E-state index in [0.29, 0.717) is 0 Å². The van der Waals surface area contributed by atoms with E-state index in [9.17, 15) is 5.11 Å². The first-order valence-electron chi connectivity index (χ1n) is 4.08. The van der Waals surface area contributed by atoms with Gasteiger partial charge < -0.3 is 5.11 Å². The standard InChI is InChI=1S/C9H18O/c1-4-6-8(3)9(10)7-5-2/h9-10H,3-7H2,1-2H3. The van der Waals surface area contributed by atoms with Gasteiger partial charge in [0.2, 0.25) is 0 Å². The summed E-state index contributed by atoms with van der Waals surface area (Å²) in [5, 5.41) is 9.35. The molecule has 0 aliphatic heterocycles. The number of hydrogen-bond donors (Lipinski definition) is 1. The molecule has 0 spiro atoms. The van der Waals surface area contributed by atoms with Crippen LogP contribution in [0.5, 0.6) is 0 Å². The van der Waals surface area contributed by atoms with Crippen molar-refractivity contribution < 1.29 is 5.11 Å². The average molecular weight is 142 g/mol. The van der Waals surface area contributed by atoms with Crippen LogP contribution in [0.15, 0.2) is 12.2 Å². The largest absolute Gasteiger partial charge is 0.389 e. The summed E-state index contributed by atoms with van der Waals surface area (Å²) in [7, 11) is 0. The van der Waals surface area contributed by atoms with Gasteiger partial charge in [0.15, 0.2) is 0 Å². The number of aliphatic hydroxyl groups excluding tert-OH is 1. The second-order valence-corrected chi connectivity index (χ2v) is 2.71. The van der Waals surface area contributed by atoms with Crippen molar-refractivity contribution in [3.63, 3.8) is 0 Å². The van der Waals surface area contributed by atoms with Gasteiger partial charge in [0.25, 0.3) is 0 Å². The molecule has 0 saturated heterocycles. The van der Waals surface area contributed by atoms with Gasteiger partial charge in [-0.3, -0.25) is 0 Å². The molecular weight excluding hydrogens is 124 g/mol. The van der Waals surface area contributed by atoms with Crippen LogP contribution in [0.4, 0.5) is 0 Å². The van der Waals surface area contributed by atoms with Crippen molar-refractivity contribution in [3.05, 3.63) is 12.2 Å². The highest BCUT2D eigenvalue weighted by atomic mass is 16.3. The molecule has 0 aliphatic carbocycles. The van der Waals surface area contributed by atoms with Gasteiger partial charge in [0.1, 0.15) is 0 Å². The topological polar surface area (TPSA) is 20.2 Å². The fraction of sp³-hybridized carbons (Fsp3) is 0.778. The van der Waals surface area contributed by atoms with Crippen LogP contribution in [-0.2, 0) is 0 Å². The van der Waals surface area contributed by atoms with Gasteiger partial charge in [-0.15, -0.1) is 0 Å². The van der Waals surface area contributed by atoms with Gasteiger partial charge in [-0.25, -0.2) is 0 Å². The Morgan fingerprint density at radius 3 is 2.40 bits per heavy atom. The third-order valence-corrected chi connectivity index (χ3v) is 1.60. The first-order valence-corrected chi connectivity index (χ1v) is 4.08. The molecule has 0 rings (SSSR count). The predicted octanol–water partition coefficient (Wildman–Crippen LogP) is 2.50. The average Bonchev–Trinajstić information content (AvgIpc) is 1.89. The Labute approximate surface area is 63.8 Å². The predicted molar refractivity (Wildman–Crippen MR) is 45.0 cm³/mol. The van der Waals surface area contributed by atoms with Gasteiger partial charge >= 0.3 is 0 Å². The van der Waals surface area contributed by atoms with Crippen molar-refractivity contribution in [2.24, 2.45) is 0 Å². The Morgan fingerprint density at radius 1 is 1.40 bits per heavy atom. The molecule has 0 bridgehead atoms. The van der Waals surface area contributed by atoms with E-state index in [1.54, 1.807) is 0 Å². The molecular formula is C9H18O. The minimum Gasteiger partial charge on any atom is -0.389 e. The summed E-state index contributed by atoms with van der Waals surface area (Å²) >= 11 is 0. The molecule has 1 nitrogen and oxygen atoms in total. The van der Waals surface area contributed by atoms with E-state index in [2.05, 4.69) is 20.4 Å². The van der Waals surface area contributed by atoms with Crippen LogP contribution >= 0.6 is 0 Å². The molecule has 0 radical (unpaired) electrons. The molecule has 0 aromatic rings. The zero-order valence-corrected chi connectivity index (χ0v) is 7.06. The maximum absolute atomic E-state index is 9.35. The summed E-state index contributed by atoms with van der Waals surface area (Å²) in [4.78, 5) is 0. The first kappa shape index (κ1) is 9.70. The molecule has 1 atom stereocenters. The van der Waals surface area contributed by atoms with Crippen molar-refractivity contribution >= 4 is 0 Å². The van der Waals surface area contributed by atoms with E-state index in [4.69, 9.17) is 0 Å². The minimum atomic E-state index is -0.259. The lowest BCUT2D eigenvalue weighted by Crippen LogP contribution is -2.08. The molecule has 0 saturated carbocycles. The first-order chi connectivity index (χ1) is 4.72. The lowest BCUT2D eigenvalue weighted by atomic mass is 10.0. The van der Waals surface area contributed by atoms with Crippen molar-refractivity contribution in [1.82, 2.24) is 0 Å². The van der Waals surface area contributed by atoms with Crippen molar-refractivity contribution in [1.29, 1.82) is 0 Å². The fourth-order valence-corrected chi connectivity index (χ4v) is 0.965. The van der Waals surface area contributed by atoms with Gasteiger partial charge in [-0.1, -0.05) is 33.3 Å². The molecule has 0 aromatic carbocycles. The smallest absolute Gasteiger partial charge is 0.0747 e. The number of hydrogen-bond acceptors (Lipinski definition) is 1. The van der Waals surface area contributed by atoms with E-state index in [1.165, 1.54) is 0 Å². The maximum Gasteiger partial charge on any atom is 0.0747 e. The molecule has 1 unspecified atom stereocenters. The Kier molecular flexibility index (Phi) is 5.32. The maximum atomic E-state index is 9.35. The van der Waals surface area contributed by atoms with Crippen LogP contribution < -0.4 is 0 Å². The lowest BCUT2D eigenvalue weighted by Gasteiger charge is -2.10. The zero-order valence-electron chi connectivity index (χ0n) is 7.06. The summed E-state index contributed by atoms with van der Waals surface area (Å²) in [5.74, 6) is 0. The zero-order chi connectivity index (χ0) is 7.98. The van der Waals surface area contributed by atoms with Gasteiger partial charge in [0.05, 0.1) is 6.10 Å². The summed E-state index contributed by atoms with van der Waals surface area (Å²) < 4.78 is 0. The fourth-order valence-electron chi connectivity index (χ4n) is 0.965. The normalized spacial score (nSPS) is 13.1. The Balaban J connectivity index is 3.49. The van der Waals surface area contributed by atoms with E-state index in [-0.39, 0.29) is 6.10 Å². The molecule has 0 aliphatic rings. The monoisotopic (exact) mass is 142 g/mol. The summed E-state index contributed by atoms with van der Waals surface area (Å²) in [6.07, 6.45) is 3.67. The quantitative estimate of drug-likeness (QED) is 0.585. The SMILES string of the molecule is C=C(CCC)C(O)CCC. The minimum absolute atomic E-state index is 0.259. The van der Waals surface area contributed by atoms with Gasteiger partial charge in [-0.05, 0) is 18.4 Å². The highest BCUT2D eigenvalue weighted by molar-refractivity contribution is 5.00. The molecule has 10 heavy (non-hydrogen) atoms. The van der Waals surface area contributed by atoms with Crippen molar-refractivity contribution in [2.75, 3.05) is 0 Å². The van der Waals surface area contributed by atoms with Crippen LogP contribution in [0.1, 0.15) is 39.5 Å². The van der Waals surface area contributed by atoms with Crippen molar-refractivity contribution in [2.45, 2.75) is 45.6 Å².